The number of aryl methyl sites for hydroxylation is 2. The Bertz CT molecular complexity index is 1220. The molecule has 1 N–H and O–H groups in total. The molecule has 9 heteroatoms. The predicted octanol–water partition coefficient (Wildman–Crippen LogP) is 3.10. The number of nitrogens with zero attached hydrogens (tertiary/aromatic N) is 4. The lowest BCUT2D eigenvalue weighted by Crippen LogP contribution is -2.21. The van der Waals surface area contributed by atoms with E-state index in [1.807, 2.05) is 22.8 Å². The van der Waals surface area contributed by atoms with Crippen molar-refractivity contribution in [3.63, 3.8) is 0 Å². The van der Waals surface area contributed by atoms with Crippen LogP contribution in [0.1, 0.15) is 25.6 Å². The van der Waals surface area contributed by atoms with E-state index in [-0.39, 0.29) is 11.5 Å². The number of carbonyl (C=O) groups excluding carboxylic acids is 1. The fraction of sp³-hybridized carbons (Fsp3) is 0.300. The van der Waals surface area contributed by atoms with E-state index >= 15 is 0 Å². The summed E-state index contributed by atoms with van der Waals surface area (Å²) in [6.45, 7) is 2.44. The minimum absolute atomic E-state index is 0.0391. The smallest absolute Gasteiger partial charge is 0.272 e. The number of thiophene rings is 1. The summed E-state index contributed by atoms with van der Waals surface area (Å²) in [4.78, 5) is 24.8. The maximum Gasteiger partial charge on any atom is 0.272 e. The summed E-state index contributed by atoms with van der Waals surface area (Å²) in [5, 5.41) is 13.3. The van der Waals surface area contributed by atoms with Crippen molar-refractivity contribution in [2.45, 2.75) is 32.7 Å². The second-order valence-corrected chi connectivity index (χ2v) is 7.48. The van der Waals surface area contributed by atoms with E-state index in [4.69, 9.17) is 4.74 Å². The van der Waals surface area contributed by atoms with Gasteiger partial charge in [-0.25, -0.2) is 0 Å². The van der Waals surface area contributed by atoms with E-state index in [0.29, 0.717) is 36.3 Å². The quantitative estimate of drug-likeness (QED) is 0.505. The Morgan fingerprint density at radius 1 is 1.21 bits per heavy atom. The summed E-state index contributed by atoms with van der Waals surface area (Å²) < 4.78 is 9.37. The van der Waals surface area contributed by atoms with Crippen LogP contribution in [0.3, 0.4) is 0 Å². The van der Waals surface area contributed by atoms with Gasteiger partial charge in [0, 0.05) is 25.1 Å². The third-order valence-corrected chi connectivity index (χ3v) is 5.67. The van der Waals surface area contributed by atoms with Crippen molar-refractivity contribution in [2.75, 3.05) is 12.4 Å². The molecule has 3 heterocycles. The second-order valence-electron chi connectivity index (χ2n) is 6.57. The molecular weight excluding hydrogens is 390 g/mol. The van der Waals surface area contributed by atoms with E-state index < -0.39 is 0 Å². The molecular formula is C20H21N5O3S. The normalized spacial score (nSPS) is 11.2. The van der Waals surface area contributed by atoms with Crippen molar-refractivity contribution in [3.05, 3.63) is 51.9 Å². The standard InChI is InChI=1S/C20H21N5O3S/c1-3-24-19(27)18-15(11-12-29-18)25-16(22-23-20(24)25)5-4-6-17(26)21-13-7-9-14(28-2)10-8-13/h7-12H,3-6H2,1-2H3,(H,21,26). The molecule has 0 radical (unpaired) electrons. The highest BCUT2D eigenvalue weighted by atomic mass is 32.1. The summed E-state index contributed by atoms with van der Waals surface area (Å²) in [5.74, 6) is 1.98. The third kappa shape index (κ3) is 3.61. The fourth-order valence-corrected chi connectivity index (χ4v) is 4.16. The van der Waals surface area contributed by atoms with Crippen molar-refractivity contribution < 1.29 is 9.53 Å². The number of hydrogen-bond acceptors (Lipinski definition) is 6. The summed E-state index contributed by atoms with van der Waals surface area (Å²) in [5.41, 5.74) is 1.51. The van der Waals surface area contributed by atoms with Gasteiger partial charge >= 0.3 is 0 Å². The molecule has 0 spiro atoms. The fourth-order valence-electron chi connectivity index (χ4n) is 3.33. The number of aromatic nitrogens is 4. The van der Waals surface area contributed by atoms with Gasteiger partial charge in [0.2, 0.25) is 11.7 Å². The number of hydrogen-bond donors (Lipinski definition) is 1. The van der Waals surface area contributed by atoms with E-state index in [0.717, 1.165) is 22.8 Å². The molecule has 150 valence electrons. The molecule has 1 aromatic carbocycles. The van der Waals surface area contributed by atoms with Gasteiger partial charge in [-0.15, -0.1) is 21.5 Å². The Balaban J connectivity index is 1.48. The van der Waals surface area contributed by atoms with Crippen molar-refractivity contribution in [1.29, 1.82) is 0 Å². The SMILES string of the molecule is CCn1c(=O)c2sccc2n2c(CCCC(=O)Nc3ccc(OC)cc3)nnc12. The first-order chi connectivity index (χ1) is 14.1. The molecule has 0 saturated heterocycles. The van der Waals surface area contributed by atoms with Crippen LogP contribution in [-0.2, 0) is 17.8 Å². The van der Waals surface area contributed by atoms with Crippen LogP contribution in [0.4, 0.5) is 5.69 Å². The van der Waals surface area contributed by atoms with E-state index in [2.05, 4.69) is 15.5 Å². The molecule has 4 rings (SSSR count). The van der Waals surface area contributed by atoms with Crippen molar-refractivity contribution in [3.8, 4) is 5.75 Å². The molecule has 3 aromatic heterocycles. The van der Waals surface area contributed by atoms with Crippen LogP contribution in [0.15, 0.2) is 40.5 Å². The summed E-state index contributed by atoms with van der Waals surface area (Å²) in [6, 6.07) is 9.13. The highest BCUT2D eigenvalue weighted by molar-refractivity contribution is 7.17. The highest BCUT2D eigenvalue weighted by Crippen LogP contribution is 2.20. The van der Waals surface area contributed by atoms with Gasteiger partial charge in [0.15, 0.2) is 0 Å². The van der Waals surface area contributed by atoms with E-state index in [1.165, 1.54) is 11.3 Å². The Labute approximate surface area is 170 Å². The lowest BCUT2D eigenvalue weighted by molar-refractivity contribution is -0.116. The number of anilines is 1. The maximum atomic E-state index is 12.6. The van der Waals surface area contributed by atoms with Crippen LogP contribution < -0.4 is 15.6 Å². The van der Waals surface area contributed by atoms with Gasteiger partial charge in [-0.1, -0.05) is 0 Å². The van der Waals surface area contributed by atoms with Gasteiger partial charge in [-0.05, 0) is 49.1 Å². The Morgan fingerprint density at radius 3 is 2.72 bits per heavy atom. The number of rotatable bonds is 7. The predicted molar refractivity (Wildman–Crippen MR) is 113 cm³/mol. The average Bonchev–Trinajstić information content (AvgIpc) is 3.36. The zero-order valence-electron chi connectivity index (χ0n) is 16.2. The zero-order chi connectivity index (χ0) is 20.4. The maximum absolute atomic E-state index is 12.6. The van der Waals surface area contributed by atoms with Gasteiger partial charge < -0.3 is 10.1 Å². The monoisotopic (exact) mass is 411 g/mol. The minimum Gasteiger partial charge on any atom is -0.497 e. The van der Waals surface area contributed by atoms with Gasteiger partial charge in [0.05, 0.1) is 12.6 Å². The Hall–Kier alpha value is -3.20. The molecule has 0 atom stereocenters. The first kappa shape index (κ1) is 19.1. The molecule has 8 nitrogen and oxygen atoms in total. The largest absolute Gasteiger partial charge is 0.497 e. The molecule has 0 fully saturated rings. The van der Waals surface area contributed by atoms with Crippen LogP contribution in [0.2, 0.25) is 0 Å². The van der Waals surface area contributed by atoms with Gasteiger partial charge in [-0.2, -0.15) is 0 Å². The summed E-state index contributed by atoms with van der Waals surface area (Å²) >= 11 is 1.42. The number of amides is 1. The van der Waals surface area contributed by atoms with E-state index in [1.54, 1.807) is 35.9 Å². The van der Waals surface area contributed by atoms with Gasteiger partial charge in [0.25, 0.3) is 5.56 Å². The molecule has 0 unspecified atom stereocenters. The third-order valence-electron chi connectivity index (χ3n) is 4.77. The minimum atomic E-state index is -0.0601. The summed E-state index contributed by atoms with van der Waals surface area (Å²) in [7, 11) is 1.60. The van der Waals surface area contributed by atoms with Crippen LogP contribution >= 0.6 is 11.3 Å². The molecule has 0 bridgehead atoms. The average molecular weight is 411 g/mol. The molecule has 1 amide bonds. The first-order valence-corrected chi connectivity index (χ1v) is 10.3. The van der Waals surface area contributed by atoms with Crippen molar-refractivity contribution in [1.82, 2.24) is 19.2 Å². The highest BCUT2D eigenvalue weighted by Gasteiger charge is 2.16. The molecule has 0 saturated carbocycles. The number of nitrogens with one attached hydrogen (secondary N) is 1. The first-order valence-electron chi connectivity index (χ1n) is 9.40. The van der Waals surface area contributed by atoms with Gasteiger partial charge in [0.1, 0.15) is 16.3 Å². The molecule has 0 aliphatic rings. The lowest BCUT2D eigenvalue weighted by Gasteiger charge is -2.08. The van der Waals surface area contributed by atoms with Crippen LogP contribution in [0, 0.1) is 0 Å². The zero-order valence-corrected chi connectivity index (χ0v) is 17.0. The number of carbonyl (C=O) groups is 1. The number of fused-ring (bicyclic) bond motifs is 3. The molecule has 0 aliphatic carbocycles. The van der Waals surface area contributed by atoms with Crippen molar-refractivity contribution >= 4 is 38.9 Å². The molecule has 0 aliphatic heterocycles. The summed E-state index contributed by atoms with van der Waals surface area (Å²) in [6.07, 6.45) is 1.57. The molecule has 4 aromatic rings. The van der Waals surface area contributed by atoms with E-state index in [9.17, 15) is 9.59 Å². The Morgan fingerprint density at radius 2 is 2.00 bits per heavy atom. The van der Waals surface area contributed by atoms with Gasteiger partial charge in [-0.3, -0.25) is 18.6 Å². The van der Waals surface area contributed by atoms with Crippen LogP contribution in [0.25, 0.3) is 16.0 Å². The van der Waals surface area contributed by atoms with Crippen LogP contribution in [0.5, 0.6) is 5.75 Å². The van der Waals surface area contributed by atoms with Crippen LogP contribution in [-0.4, -0.2) is 32.2 Å². The second kappa shape index (κ2) is 8.04. The molecule has 29 heavy (non-hydrogen) atoms. The number of ether oxygens (including phenoxy) is 1. The Kier molecular flexibility index (Phi) is 5.30. The van der Waals surface area contributed by atoms with Crippen molar-refractivity contribution in [2.24, 2.45) is 0 Å². The number of methoxy groups -OCH3 is 1. The number of benzene rings is 1. The lowest BCUT2D eigenvalue weighted by atomic mass is 10.2. The topological polar surface area (TPSA) is 90.5 Å².